The third kappa shape index (κ3) is 5.24. The smallest absolute Gasteiger partial charge is 0.268 e. The first-order valence-electron chi connectivity index (χ1n) is 12.9. The Bertz CT molecular complexity index is 1150. The first-order chi connectivity index (χ1) is 17.3. The first-order valence-corrected chi connectivity index (χ1v) is 14.3. The average Bonchev–Trinajstić information content (AvgIpc) is 3.19. The molecule has 0 saturated carbocycles. The summed E-state index contributed by atoms with van der Waals surface area (Å²) in [7, 11) is -1.80. The molecule has 1 saturated heterocycles. The third-order valence-electron chi connectivity index (χ3n) is 7.22. The highest BCUT2D eigenvalue weighted by molar-refractivity contribution is 7.89. The molecule has 0 bridgehead atoms. The van der Waals surface area contributed by atoms with E-state index in [-0.39, 0.29) is 16.7 Å². The summed E-state index contributed by atoms with van der Waals surface area (Å²) in [5.74, 6) is 0.705. The molecule has 3 aliphatic rings. The quantitative estimate of drug-likeness (QED) is 0.539. The molecule has 4 rings (SSSR count). The molecule has 1 amide bonds. The molecule has 10 heteroatoms. The van der Waals surface area contributed by atoms with E-state index in [2.05, 4.69) is 23.2 Å². The number of amides is 1. The summed E-state index contributed by atoms with van der Waals surface area (Å²) in [4.78, 5) is 17.5. The Morgan fingerprint density at radius 3 is 2.61 bits per heavy atom. The van der Waals surface area contributed by atoms with E-state index in [0.717, 1.165) is 25.0 Å². The lowest BCUT2D eigenvalue weighted by atomic mass is 9.95. The molecule has 3 aliphatic heterocycles. The van der Waals surface area contributed by atoms with Crippen LogP contribution in [0.15, 0.2) is 34.4 Å². The minimum absolute atomic E-state index is 0.136. The van der Waals surface area contributed by atoms with Crippen LogP contribution in [0.25, 0.3) is 0 Å². The number of hydrogen-bond acceptors (Lipinski definition) is 7. The van der Waals surface area contributed by atoms with Crippen molar-refractivity contribution in [2.75, 3.05) is 46.5 Å². The van der Waals surface area contributed by atoms with Gasteiger partial charge in [-0.3, -0.25) is 9.69 Å². The van der Waals surface area contributed by atoms with Crippen molar-refractivity contribution in [2.45, 2.75) is 56.9 Å². The molecular weight excluding hydrogens is 478 g/mol. The number of rotatable bonds is 9. The Morgan fingerprint density at radius 1 is 1.19 bits per heavy atom. The predicted octanol–water partition coefficient (Wildman–Crippen LogP) is 2.83. The normalized spacial score (nSPS) is 21.9. The third-order valence-corrected chi connectivity index (χ3v) is 9.11. The fourth-order valence-electron chi connectivity index (χ4n) is 5.43. The number of carbonyl (C=O) groups is 1. The van der Waals surface area contributed by atoms with E-state index in [1.807, 2.05) is 18.9 Å². The summed E-state index contributed by atoms with van der Waals surface area (Å²) < 4.78 is 34.7. The van der Waals surface area contributed by atoms with E-state index in [1.54, 1.807) is 18.2 Å². The van der Waals surface area contributed by atoms with E-state index in [4.69, 9.17) is 10.00 Å². The van der Waals surface area contributed by atoms with Crippen molar-refractivity contribution in [1.82, 2.24) is 19.4 Å². The summed E-state index contributed by atoms with van der Waals surface area (Å²) in [6.07, 6.45) is 3.66. The number of hydrogen-bond donors (Lipinski definition) is 1. The number of nitrogens with zero attached hydrogens (tertiary/aromatic N) is 4. The van der Waals surface area contributed by atoms with Gasteiger partial charge in [-0.2, -0.15) is 9.57 Å². The number of benzene rings is 1. The van der Waals surface area contributed by atoms with E-state index in [1.165, 1.54) is 4.31 Å². The summed E-state index contributed by atoms with van der Waals surface area (Å²) in [6.45, 7) is 7.71. The molecule has 1 unspecified atom stereocenters. The molecule has 1 fully saturated rings. The highest BCUT2D eigenvalue weighted by atomic mass is 32.2. The summed E-state index contributed by atoms with van der Waals surface area (Å²) in [6, 6.07) is 6.76. The molecular formula is C26H37N5O4S. The maximum atomic E-state index is 13.6. The molecule has 1 atom stereocenters. The van der Waals surface area contributed by atoms with Crippen molar-refractivity contribution < 1.29 is 17.9 Å². The van der Waals surface area contributed by atoms with E-state index >= 15 is 0 Å². The van der Waals surface area contributed by atoms with E-state index < -0.39 is 16.1 Å². The van der Waals surface area contributed by atoms with Crippen LogP contribution in [0.2, 0.25) is 0 Å². The number of sulfonamides is 1. The molecule has 36 heavy (non-hydrogen) atoms. The lowest BCUT2D eigenvalue weighted by Gasteiger charge is -2.35. The summed E-state index contributed by atoms with van der Waals surface area (Å²) >= 11 is 0. The number of piperidine rings is 1. The van der Waals surface area contributed by atoms with E-state index in [9.17, 15) is 13.2 Å². The van der Waals surface area contributed by atoms with Gasteiger partial charge < -0.3 is 15.0 Å². The molecule has 1 N–H and O–H groups in total. The largest absolute Gasteiger partial charge is 0.493 e. The fraction of sp³-hybridized carbons (Fsp3) is 0.615. The number of likely N-dealkylation sites (N-methyl/N-ethyl adjacent to an activating group) is 1. The van der Waals surface area contributed by atoms with Crippen LogP contribution in [0.3, 0.4) is 0 Å². The van der Waals surface area contributed by atoms with Gasteiger partial charge in [-0.05, 0) is 61.9 Å². The van der Waals surface area contributed by atoms with Crippen LogP contribution < -0.4 is 10.1 Å². The molecule has 1 aromatic carbocycles. The van der Waals surface area contributed by atoms with Crippen molar-refractivity contribution in [3.63, 3.8) is 0 Å². The zero-order valence-corrected chi connectivity index (χ0v) is 22.3. The molecule has 1 aromatic rings. The molecule has 0 aromatic heterocycles. The van der Waals surface area contributed by atoms with Gasteiger partial charge in [0, 0.05) is 38.7 Å². The van der Waals surface area contributed by atoms with Crippen LogP contribution in [0.1, 0.15) is 57.6 Å². The predicted molar refractivity (Wildman–Crippen MR) is 136 cm³/mol. The molecule has 0 spiro atoms. The Morgan fingerprint density at radius 2 is 1.94 bits per heavy atom. The highest BCUT2D eigenvalue weighted by Gasteiger charge is 2.40. The van der Waals surface area contributed by atoms with Crippen molar-refractivity contribution in [3.8, 4) is 11.8 Å². The monoisotopic (exact) mass is 515 g/mol. The maximum Gasteiger partial charge on any atom is 0.268 e. The lowest BCUT2D eigenvalue weighted by molar-refractivity contribution is -0.118. The van der Waals surface area contributed by atoms with Gasteiger partial charge in [-0.25, -0.2) is 8.42 Å². The zero-order chi connectivity index (χ0) is 25.9. The first kappa shape index (κ1) is 26.5. The van der Waals surface area contributed by atoms with Gasteiger partial charge in [0.25, 0.3) is 5.91 Å². The van der Waals surface area contributed by atoms with Crippen LogP contribution in [0.5, 0.6) is 5.75 Å². The van der Waals surface area contributed by atoms with Gasteiger partial charge in [-0.1, -0.05) is 13.8 Å². The van der Waals surface area contributed by atoms with Crippen LogP contribution in [-0.4, -0.2) is 74.9 Å². The highest BCUT2D eigenvalue weighted by Crippen LogP contribution is 2.40. The molecule has 0 aliphatic carbocycles. The molecule has 9 nitrogen and oxygen atoms in total. The lowest BCUT2D eigenvalue weighted by Crippen LogP contribution is -2.43. The number of nitrogens with one attached hydrogen (secondary N) is 1. The fourth-order valence-corrected chi connectivity index (χ4v) is 6.94. The van der Waals surface area contributed by atoms with Crippen LogP contribution in [0, 0.1) is 17.2 Å². The van der Waals surface area contributed by atoms with Crippen LogP contribution in [-0.2, 0) is 14.8 Å². The Balaban J connectivity index is 1.68. The number of ether oxygens (including phenoxy) is 1. The SMILES string of the molecule is CCCOc1ccc(S(=O)(=O)N2CCC(CC#N)CC2)cc1C1NC(=O)C2=C1CN(CCC)CN2C. The Hall–Kier alpha value is -2.61. The molecule has 0 radical (unpaired) electrons. The van der Waals surface area contributed by atoms with Crippen molar-refractivity contribution in [2.24, 2.45) is 5.92 Å². The van der Waals surface area contributed by atoms with Gasteiger partial charge >= 0.3 is 0 Å². The van der Waals surface area contributed by atoms with Crippen LogP contribution >= 0.6 is 0 Å². The van der Waals surface area contributed by atoms with Gasteiger partial charge in [-0.15, -0.1) is 0 Å². The Kier molecular flexibility index (Phi) is 8.23. The second-order valence-electron chi connectivity index (χ2n) is 9.93. The topological polar surface area (TPSA) is 106 Å². The van der Waals surface area contributed by atoms with E-state index in [0.29, 0.717) is 69.2 Å². The van der Waals surface area contributed by atoms with Crippen molar-refractivity contribution in [3.05, 3.63) is 35.0 Å². The van der Waals surface area contributed by atoms with Crippen molar-refractivity contribution >= 4 is 15.9 Å². The van der Waals surface area contributed by atoms with Crippen LogP contribution in [0.4, 0.5) is 0 Å². The maximum absolute atomic E-state index is 13.6. The van der Waals surface area contributed by atoms with Gasteiger partial charge in [0.15, 0.2) is 0 Å². The molecule has 3 heterocycles. The van der Waals surface area contributed by atoms with Gasteiger partial charge in [0.1, 0.15) is 11.4 Å². The second-order valence-corrected chi connectivity index (χ2v) is 11.9. The number of nitriles is 1. The minimum atomic E-state index is -3.72. The standard InChI is InChI=1S/C26H37N5O4S/c1-4-12-30-17-22-24(28-26(32)25(22)29(3)18-30)21-16-20(6-7-23(21)35-15-5-2)36(33,34)31-13-9-19(8-11-27)10-14-31/h6-7,16,19,24H,4-5,8-10,12-15,17-18H2,1-3H3,(H,28,32). The van der Waals surface area contributed by atoms with Crippen molar-refractivity contribution in [1.29, 1.82) is 5.26 Å². The Labute approximate surface area is 214 Å². The summed E-state index contributed by atoms with van der Waals surface area (Å²) in [5, 5.41) is 12.1. The number of carbonyl (C=O) groups excluding carboxylic acids is 1. The summed E-state index contributed by atoms with van der Waals surface area (Å²) in [5.41, 5.74) is 2.30. The van der Waals surface area contributed by atoms with Gasteiger partial charge in [0.05, 0.1) is 30.3 Å². The second kappa shape index (κ2) is 11.2. The molecule has 196 valence electrons. The van der Waals surface area contributed by atoms with Gasteiger partial charge in [0.2, 0.25) is 10.0 Å². The average molecular weight is 516 g/mol. The zero-order valence-electron chi connectivity index (χ0n) is 21.5. The minimum Gasteiger partial charge on any atom is -0.493 e.